The Morgan fingerprint density at radius 3 is 2.56 bits per heavy atom. The molecule has 1 spiro atoms. The van der Waals surface area contributed by atoms with Crippen LogP contribution in [0.3, 0.4) is 0 Å². The van der Waals surface area contributed by atoms with E-state index in [0.29, 0.717) is 46.2 Å². The lowest BCUT2D eigenvalue weighted by Gasteiger charge is -2.35. The van der Waals surface area contributed by atoms with Crippen molar-refractivity contribution in [3.05, 3.63) is 39.6 Å². The third-order valence-electron chi connectivity index (χ3n) is 5.76. The molecule has 4 nitrogen and oxygen atoms in total. The molecule has 6 heteroatoms. The minimum atomic E-state index is -1.20. The Morgan fingerprint density at radius 2 is 1.96 bits per heavy atom. The van der Waals surface area contributed by atoms with Crippen molar-refractivity contribution < 1.29 is 19.4 Å². The van der Waals surface area contributed by atoms with E-state index in [9.17, 15) is 9.90 Å². The summed E-state index contributed by atoms with van der Waals surface area (Å²) >= 11 is 12.4. The molecule has 0 saturated heterocycles. The number of aliphatic hydroxyl groups is 1. The van der Waals surface area contributed by atoms with Gasteiger partial charge in [-0.05, 0) is 45.2 Å². The fraction of sp³-hybridized carbons (Fsp3) is 0.571. The molecular formula is C21H26Cl2O4. The summed E-state index contributed by atoms with van der Waals surface area (Å²) in [5.74, 6) is 0.0793. The molecule has 148 valence electrons. The fourth-order valence-electron chi connectivity index (χ4n) is 3.64. The number of ether oxygens (including phenoxy) is 2. The van der Waals surface area contributed by atoms with Crippen molar-refractivity contribution in [2.45, 2.75) is 71.2 Å². The highest BCUT2D eigenvalue weighted by Gasteiger charge is 2.51. The summed E-state index contributed by atoms with van der Waals surface area (Å²) in [6, 6.07) is 5.04. The van der Waals surface area contributed by atoms with Crippen LogP contribution in [0.4, 0.5) is 0 Å². The lowest BCUT2D eigenvalue weighted by Crippen LogP contribution is -2.38. The third kappa shape index (κ3) is 3.91. The van der Waals surface area contributed by atoms with Crippen LogP contribution >= 0.6 is 23.2 Å². The Labute approximate surface area is 170 Å². The largest absolute Gasteiger partial charge is 0.427 e. The molecule has 1 heterocycles. The maximum absolute atomic E-state index is 12.9. The highest BCUT2D eigenvalue weighted by atomic mass is 35.5. The highest BCUT2D eigenvalue weighted by molar-refractivity contribution is 6.35. The van der Waals surface area contributed by atoms with Gasteiger partial charge in [-0.25, -0.2) is 0 Å². The quantitative estimate of drug-likeness (QED) is 0.640. The van der Waals surface area contributed by atoms with E-state index in [0.717, 1.165) is 19.3 Å². The Balaban J connectivity index is 2.12. The number of esters is 1. The molecule has 1 aromatic rings. The molecule has 1 aromatic carbocycles. The normalized spacial score (nSPS) is 22.4. The summed E-state index contributed by atoms with van der Waals surface area (Å²) in [6.07, 6.45) is 3.85. The molecule has 1 aliphatic carbocycles. The number of carbonyl (C=O) groups is 1. The van der Waals surface area contributed by atoms with E-state index in [2.05, 4.69) is 0 Å². The van der Waals surface area contributed by atoms with E-state index in [1.54, 1.807) is 18.2 Å². The Morgan fingerprint density at radius 1 is 1.30 bits per heavy atom. The second-order valence-electron chi connectivity index (χ2n) is 8.02. The molecule has 2 aliphatic rings. The van der Waals surface area contributed by atoms with Crippen molar-refractivity contribution in [3.8, 4) is 0 Å². The average Bonchev–Trinajstić information content (AvgIpc) is 2.87. The number of benzene rings is 1. The summed E-state index contributed by atoms with van der Waals surface area (Å²) in [5.41, 5.74) is -0.410. The molecule has 27 heavy (non-hydrogen) atoms. The molecule has 1 N–H and O–H groups in total. The van der Waals surface area contributed by atoms with Crippen molar-refractivity contribution in [2.75, 3.05) is 0 Å². The van der Waals surface area contributed by atoms with Crippen LogP contribution in [-0.4, -0.2) is 23.0 Å². The monoisotopic (exact) mass is 412 g/mol. The van der Waals surface area contributed by atoms with Crippen LogP contribution in [-0.2, 0) is 14.3 Å². The van der Waals surface area contributed by atoms with Crippen LogP contribution in [0, 0.1) is 5.41 Å². The molecule has 0 bridgehead atoms. The van der Waals surface area contributed by atoms with Gasteiger partial charge < -0.3 is 14.6 Å². The van der Waals surface area contributed by atoms with Gasteiger partial charge in [0.15, 0.2) is 6.29 Å². The van der Waals surface area contributed by atoms with E-state index in [1.807, 2.05) is 20.8 Å². The van der Waals surface area contributed by atoms with Gasteiger partial charge in [0.25, 0.3) is 0 Å². The van der Waals surface area contributed by atoms with Crippen molar-refractivity contribution >= 4 is 34.7 Å². The second kappa shape index (κ2) is 7.75. The van der Waals surface area contributed by atoms with Gasteiger partial charge in [-0.15, -0.1) is 0 Å². The number of carbonyl (C=O) groups excluding carboxylic acids is 1. The Bertz CT molecular complexity index is 763. The first kappa shape index (κ1) is 20.7. The summed E-state index contributed by atoms with van der Waals surface area (Å²) in [4.78, 5) is 12.9. The van der Waals surface area contributed by atoms with Crippen LogP contribution in [0.5, 0.6) is 0 Å². The third-order valence-corrected chi connectivity index (χ3v) is 6.30. The molecule has 0 amide bonds. The first-order valence-electron chi connectivity index (χ1n) is 9.48. The fourth-order valence-corrected chi connectivity index (χ4v) is 4.15. The lowest BCUT2D eigenvalue weighted by molar-refractivity contribution is -0.165. The Hall–Kier alpha value is -1.07. The molecule has 1 atom stereocenters. The summed E-state index contributed by atoms with van der Waals surface area (Å²) in [5, 5.41) is 11.6. The summed E-state index contributed by atoms with van der Waals surface area (Å²) in [6.45, 7) is 5.65. The van der Waals surface area contributed by atoms with E-state index in [1.165, 1.54) is 0 Å². The van der Waals surface area contributed by atoms with Crippen LogP contribution in [0.15, 0.2) is 24.0 Å². The van der Waals surface area contributed by atoms with Gasteiger partial charge in [0, 0.05) is 15.6 Å². The van der Waals surface area contributed by atoms with E-state index in [4.69, 9.17) is 32.7 Å². The predicted molar refractivity (Wildman–Crippen MR) is 106 cm³/mol. The van der Waals surface area contributed by atoms with Gasteiger partial charge in [-0.2, -0.15) is 0 Å². The van der Waals surface area contributed by atoms with E-state index < -0.39 is 17.3 Å². The summed E-state index contributed by atoms with van der Waals surface area (Å²) in [7, 11) is 0. The maximum Gasteiger partial charge on any atom is 0.316 e. The van der Waals surface area contributed by atoms with E-state index >= 15 is 0 Å². The highest BCUT2D eigenvalue weighted by Crippen LogP contribution is 2.50. The minimum Gasteiger partial charge on any atom is -0.427 e. The molecule has 1 aliphatic heterocycles. The molecule has 1 fully saturated rings. The van der Waals surface area contributed by atoms with E-state index in [-0.39, 0.29) is 5.97 Å². The molecule has 1 saturated carbocycles. The SMILES string of the molecule is CCC(C)(C)C(=O)OC1=C(c2ccc(Cl)cc2Cl)C(O)OC12CCCCC2. The zero-order chi connectivity index (χ0) is 19.8. The molecule has 0 radical (unpaired) electrons. The molecule has 1 unspecified atom stereocenters. The van der Waals surface area contributed by atoms with Gasteiger partial charge in [-0.1, -0.05) is 55.5 Å². The van der Waals surface area contributed by atoms with Gasteiger partial charge in [0.05, 0.1) is 11.0 Å². The van der Waals surface area contributed by atoms with Crippen molar-refractivity contribution in [1.29, 1.82) is 0 Å². The van der Waals surface area contributed by atoms with Gasteiger partial charge >= 0.3 is 5.97 Å². The Kier molecular flexibility index (Phi) is 5.93. The molecule has 3 rings (SSSR count). The first-order valence-corrected chi connectivity index (χ1v) is 10.2. The number of rotatable bonds is 4. The minimum absolute atomic E-state index is 0.328. The lowest BCUT2D eigenvalue weighted by atomic mass is 9.82. The maximum atomic E-state index is 12.9. The van der Waals surface area contributed by atoms with Crippen LogP contribution < -0.4 is 0 Å². The van der Waals surface area contributed by atoms with Gasteiger partial charge in [-0.3, -0.25) is 4.79 Å². The average molecular weight is 413 g/mol. The van der Waals surface area contributed by atoms with Crippen molar-refractivity contribution in [2.24, 2.45) is 5.41 Å². The van der Waals surface area contributed by atoms with Crippen LogP contribution in [0.25, 0.3) is 5.57 Å². The molecular weight excluding hydrogens is 387 g/mol. The number of halogens is 2. The second-order valence-corrected chi connectivity index (χ2v) is 8.86. The van der Waals surface area contributed by atoms with Gasteiger partial charge in [0.2, 0.25) is 0 Å². The number of hydrogen-bond donors (Lipinski definition) is 1. The zero-order valence-electron chi connectivity index (χ0n) is 16.0. The van der Waals surface area contributed by atoms with Crippen LogP contribution in [0.2, 0.25) is 10.0 Å². The van der Waals surface area contributed by atoms with Gasteiger partial charge in [0.1, 0.15) is 11.4 Å². The summed E-state index contributed by atoms with van der Waals surface area (Å²) < 4.78 is 12.0. The van der Waals surface area contributed by atoms with Crippen LogP contribution in [0.1, 0.15) is 64.9 Å². The standard InChI is InChI=1S/C21H26Cl2O4/c1-4-20(2,3)19(25)26-17-16(14-9-8-13(22)12-15(14)23)18(24)27-21(17)10-6-5-7-11-21/h8-9,12,18,24H,4-7,10-11H2,1-3H3. The van der Waals surface area contributed by atoms with Crippen molar-refractivity contribution in [1.82, 2.24) is 0 Å². The molecule has 0 aromatic heterocycles. The topological polar surface area (TPSA) is 55.8 Å². The van der Waals surface area contributed by atoms with Crippen molar-refractivity contribution in [3.63, 3.8) is 0 Å². The zero-order valence-corrected chi connectivity index (χ0v) is 17.5. The number of aliphatic hydroxyl groups excluding tert-OH is 1. The smallest absolute Gasteiger partial charge is 0.316 e. The first-order chi connectivity index (χ1) is 12.7. The number of hydrogen-bond acceptors (Lipinski definition) is 4. The predicted octanol–water partition coefficient (Wildman–Crippen LogP) is 5.74.